The van der Waals surface area contributed by atoms with Crippen LogP contribution in [0.15, 0.2) is 108 Å². The molecule has 0 fully saturated rings. The molecule has 2 unspecified atom stereocenters. The second kappa shape index (κ2) is 10.5. The van der Waals surface area contributed by atoms with E-state index in [4.69, 9.17) is 0 Å². The lowest BCUT2D eigenvalue weighted by Crippen LogP contribution is -2.18. The van der Waals surface area contributed by atoms with Gasteiger partial charge < -0.3 is 0 Å². The molecular formula is C36H40. The number of hydrogen-bond acceptors (Lipinski definition) is 0. The van der Waals surface area contributed by atoms with Gasteiger partial charge in [0.05, 0.1) is 0 Å². The molecule has 0 amide bonds. The maximum Gasteiger partial charge on any atom is 0.00166 e. The van der Waals surface area contributed by atoms with E-state index in [1.54, 1.807) is 11.1 Å². The van der Waals surface area contributed by atoms with Gasteiger partial charge in [0, 0.05) is 5.92 Å². The Labute approximate surface area is 218 Å². The minimum Gasteiger partial charge on any atom is -0.0995 e. The maximum absolute atomic E-state index is 4.53. The van der Waals surface area contributed by atoms with Crippen LogP contribution in [0.5, 0.6) is 0 Å². The van der Waals surface area contributed by atoms with Crippen molar-refractivity contribution < 1.29 is 0 Å². The Hall–Kier alpha value is -3.12. The van der Waals surface area contributed by atoms with Crippen LogP contribution in [0.3, 0.4) is 0 Å². The molecule has 5 rings (SSSR count). The first-order chi connectivity index (χ1) is 17.4. The highest BCUT2D eigenvalue weighted by atomic mass is 14.3. The first-order valence-corrected chi connectivity index (χ1v) is 13.7. The summed E-state index contributed by atoms with van der Waals surface area (Å²) in [6, 6.07) is 17.7. The Morgan fingerprint density at radius 1 is 0.917 bits per heavy atom. The largest absolute Gasteiger partial charge is 0.0995 e. The first kappa shape index (κ1) is 24.6. The Morgan fingerprint density at radius 3 is 2.44 bits per heavy atom. The molecule has 2 aromatic carbocycles. The zero-order valence-corrected chi connectivity index (χ0v) is 22.2. The molecule has 2 aromatic rings. The van der Waals surface area contributed by atoms with Crippen molar-refractivity contribution in [3.05, 3.63) is 131 Å². The molecule has 0 spiro atoms. The standard InChI is InChI=1S/C36H40/c1-24(20-32-18-16-25(2)33-12-8-9-13-34(32)33)14-15-26(3)35-21-27(4)36(28(35)5)23-29-17-19-30-10-6-7-11-31(30)22-29/h6-13,18,21,29,36H,1-3,14-17,19-20,22-23H2,4-5H3. The van der Waals surface area contributed by atoms with Crippen LogP contribution in [-0.4, -0.2) is 0 Å². The van der Waals surface area contributed by atoms with Crippen molar-refractivity contribution in [2.75, 3.05) is 0 Å². The summed E-state index contributed by atoms with van der Waals surface area (Å²) in [5.41, 5.74) is 15.4. The highest BCUT2D eigenvalue weighted by Crippen LogP contribution is 2.42. The van der Waals surface area contributed by atoms with Crippen LogP contribution in [0.4, 0.5) is 0 Å². The summed E-state index contributed by atoms with van der Waals surface area (Å²) in [5, 5.41) is 0. The topological polar surface area (TPSA) is 0 Å². The third kappa shape index (κ3) is 5.05. The maximum atomic E-state index is 4.53. The van der Waals surface area contributed by atoms with Crippen LogP contribution in [0, 0.1) is 11.8 Å². The Kier molecular flexibility index (Phi) is 7.15. The number of hydrogen-bond donors (Lipinski definition) is 0. The van der Waals surface area contributed by atoms with Crippen molar-refractivity contribution in [2.45, 2.75) is 65.2 Å². The van der Waals surface area contributed by atoms with Gasteiger partial charge in [-0.1, -0.05) is 97.1 Å². The van der Waals surface area contributed by atoms with E-state index in [-0.39, 0.29) is 0 Å². The summed E-state index contributed by atoms with van der Waals surface area (Å²) in [6.45, 7) is 17.9. The monoisotopic (exact) mass is 472 g/mol. The van der Waals surface area contributed by atoms with Gasteiger partial charge in [0.1, 0.15) is 0 Å². The predicted octanol–water partition coefficient (Wildman–Crippen LogP) is 9.86. The van der Waals surface area contributed by atoms with E-state index in [1.165, 1.54) is 75.8 Å². The van der Waals surface area contributed by atoms with Gasteiger partial charge in [0.25, 0.3) is 0 Å². The Bertz CT molecular complexity index is 1310. The fourth-order valence-corrected chi connectivity index (χ4v) is 6.55. The number of fused-ring (bicyclic) bond motifs is 2. The minimum absolute atomic E-state index is 0.576. The third-order valence-corrected chi connectivity index (χ3v) is 8.74. The second-order valence-corrected chi connectivity index (χ2v) is 11.3. The number of rotatable bonds is 8. The van der Waals surface area contributed by atoms with Crippen LogP contribution in [0.25, 0.3) is 11.1 Å². The molecule has 0 aromatic heterocycles. The van der Waals surface area contributed by atoms with Crippen LogP contribution < -0.4 is 0 Å². The van der Waals surface area contributed by atoms with Gasteiger partial charge in [0.2, 0.25) is 0 Å². The molecule has 3 aliphatic rings. The summed E-state index contributed by atoms with van der Waals surface area (Å²) in [4.78, 5) is 0. The van der Waals surface area contributed by atoms with E-state index in [2.05, 4.69) is 94.3 Å². The summed E-state index contributed by atoms with van der Waals surface area (Å²) in [5.74, 6) is 1.35. The van der Waals surface area contributed by atoms with Crippen molar-refractivity contribution in [1.82, 2.24) is 0 Å². The molecule has 0 saturated carbocycles. The van der Waals surface area contributed by atoms with E-state index in [9.17, 15) is 0 Å². The molecule has 0 aliphatic heterocycles. The average molecular weight is 473 g/mol. The lowest BCUT2D eigenvalue weighted by Gasteiger charge is -2.28. The number of benzene rings is 2. The molecule has 0 nitrogen and oxygen atoms in total. The molecule has 0 bridgehead atoms. The van der Waals surface area contributed by atoms with Crippen LogP contribution in [0.2, 0.25) is 0 Å². The zero-order valence-electron chi connectivity index (χ0n) is 22.2. The quantitative estimate of drug-likeness (QED) is 0.335. The number of aryl methyl sites for hydroxylation is 1. The van der Waals surface area contributed by atoms with Crippen molar-refractivity contribution >= 4 is 11.1 Å². The summed E-state index contributed by atoms with van der Waals surface area (Å²) in [6.07, 6.45) is 13.7. The van der Waals surface area contributed by atoms with Gasteiger partial charge in [-0.3, -0.25) is 0 Å². The second-order valence-electron chi connectivity index (χ2n) is 11.3. The van der Waals surface area contributed by atoms with Crippen molar-refractivity contribution in [3.8, 4) is 0 Å². The zero-order chi connectivity index (χ0) is 25.2. The predicted molar refractivity (Wildman–Crippen MR) is 157 cm³/mol. The van der Waals surface area contributed by atoms with Crippen molar-refractivity contribution in [3.63, 3.8) is 0 Å². The molecule has 0 saturated heterocycles. The molecule has 184 valence electrons. The van der Waals surface area contributed by atoms with Crippen LogP contribution >= 0.6 is 0 Å². The molecule has 0 heterocycles. The minimum atomic E-state index is 0.576. The van der Waals surface area contributed by atoms with Gasteiger partial charge >= 0.3 is 0 Å². The van der Waals surface area contributed by atoms with E-state index < -0.39 is 0 Å². The first-order valence-electron chi connectivity index (χ1n) is 13.7. The van der Waals surface area contributed by atoms with Gasteiger partial charge in [0.15, 0.2) is 0 Å². The number of allylic oxidation sites excluding steroid dienone is 9. The fraction of sp³-hybridized carbons (Fsp3) is 0.333. The van der Waals surface area contributed by atoms with E-state index in [0.717, 1.165) is 31.6 Å². The van der Waals surface area contributed by atoms with Gasteiger partial charge in [-0.2, -0.15) is 0 Å². The summed E-state index contributed by atoms with van der Waals surface area (Å²) < 4.78 is 0. The van der Waals surface area contributed by atoms with Crippen molar-refractivity contribution in [1.29, 1.82) is 0 Å². The molecule has 36 heavy (non-hydrogen) atoms. The molecule has 3 aliphatic carbocycles. The lowest BCUT2D eigenvalue weighted by molar-refractivity contribution is 0.389. The van der Waals surface area contributed by atoms with Crippen LogP contribution in [-0.2, 0) is 12.8 Å². The molecule has 0 N–H and O–H groups in total. The highest BCUT2D eigenvalue weighted by molar-refractivity contribution is 5.84. The van der Waals surface area contributed by atoms with E-state index in [1.807, 2.05) is 0 Å². The fourth-order valence-electron chi connectivity index (χ4n) is 6.55. The van der Waals surface area contributed by atoms with E-state index in [0.29, 0.717) is 5.92 Å². The van der Waals surface area contributed by atoms with E-state index >= 15 is 0 Å². The van der Waals surface area contributed by atoms with Gasteiger partial charge in [-0.25, -0.2) is 0 Å². The Balaban J connectivity index is 1.18. The SMILES string of the molecule is C=C(CCC(=C)C1=C(C)C(CC2CCc3ccccc3C2)C(C)=C1)CC1=CCC(=C)c2ccccc21. The Morgan fingerprint density at radius 2 is 1.64 bits per heavy atom. The lowest BCUT2D eigenvalue weighted by atomic mass is 9.77. The average Bonchev–Trinajstić information content (AvgIpc) is 3.17. The molecule has 2 atom stereocenters. The van der Waals surface area contributed by atoms with Gasteiger partial charge in [-0.05, 0) is 116 Å². The third-order valence-electron chi connectivity index (χ3n) is 8.74. The van der Waals surface area contributed by atoms with Crippen LogP contribution in [0.1, 0.15) is 74.6 Å². The molecular weight excluding hydrogens is 432 g/mol. The van der Waals surface area contributed by atoms with Crippen molar-refractivity contribution in [2.24, 2.45) is 11.8 Å². The summed E-state index contributed by atoms with van der Waals surface area (Å²) >= 11 is 0. The summed E-state index contributed by atoms with van der Waals surface area (Å²) in [7, 11) is 0. The smallest absolute Gasteiger partial charge is 0.00166 e. The van der Waals surface area contributed by atoms with Gasteiger partial charge in [-0.15, -0.1) is 0 Å². The molecule has 0 radical (unpaired) electrons. The normalized spacial score (nSPS) is 21.0. The highest BCUT2D eigenvalue weighted by Gasteiger charge is 2.28. The molecule has 0 heteroatoms.